The highest BCUT2D eigenvalue weighted by Gasteiger charge is 2.14. The summed E-state index contributed by atoms with van der Waals surface area (Å²) in [5, 5.41) is 2.79. The molecule has 0 spiro atoms. The maximum absolute atomic E-state index is 13.5. The van der Waals surface area contributed by atoms with Gasteiger partial charge in [0.25, 0.3) is 0 Å². The molecule has 0 unspecified atom stereocenters. The predicted octanol–water partition coefficient (Wildman–Crippen LogP) is 4.18. The zero-order valence-electron chi connectivity index (χ0n) is 14.2. The van der Waals surface area contributed by atoms with Gasteiger partial charge in [-0.2, -0.15) is 0 Å². The fraction of sp³-hybridized carbons (Fsp3) is 0.263. The number of nitrogens with one attached hydrogen (secondary N) is 1. The second-order valence-corrected chi connectivity index (χ2v) is 6.32. The number of anilines is 1. The van der Waals surface area contributed by atoms with Gasteiger partial charge in [-0.15, -0.1) is 11.8 Å². The summed E-state index contributed by atoms with van der Waals surface area (Å²) in [6.45, 7) is 3.79. The van der Waals surface area contributed by atoms with E-state index in [2.05, 4.69) is 5.32 Å². The smallest absolute Gasteiger partial charge is 0.338 e. The summed E-state index contributed by atoms with van der Waals surface area (Å²) in [5.41, 5.74) is 2.23. The van der Waals surface area contributed by atoms with E-state index in [1.54, 1.807) is 50.2 Å². The second-order valence-electron chi connectivity index (χ2n) is 5.33. The van der Waals surface area contributed by atoms with Gasteiger partial charge in [-0.3, -0.25) is 4.79 Å². The lowest BCUT2D eigenvalue weighted by molar-refractivity contribution is -0.113. The van der Waals surface area contributed by atoms with E-state index >= 15 is 0 Å². The van der Waals surface area contributed by atoms with Crippen LogP contribution in [-0.2, 0) is 15.3 Å². The molecular weight excluding hydrogens is 341 g/mol. The highest BCUT2D eigenvalue weighted by molar-refractivity contribution is 7.99. The Hall–Kier alpha value is -2.34. The van der Waals surface area contributed by atoms with E-state index in [0.29, 0.717) is 34.7 Å². The zero-order valence-corrected chi connectivity index (χ0v) is 15.0. The van der Waals surface area contributed by atoms with Crippen molar-refractivity contribution in [2.75, 3.05) is 17.7 Å². The monoisotopic (exact) mass is 361 g/mol. The third-order valence-corrected chi connectivity index (χ3v) is 4.53. The van der Waals surface area contributed by atoms with Gasteiger partial charge in [0.05, 0.1) is 17.9 Å². The minimum atomic E-state index is -0.412. The minimum Gasteiger partial charge on any atom is -0.462 e. The van der Waals surface area contributed by atoms with Gasteiger partial charge in [0.15, 0.2) is 0 Å². The highest BCUT2D eigenvalue weighted by Crippen LogP contribution is 2.21. The molecule has 0 aliphatic rings. The van der Waals surface area contributed by atoms with Crippen LogP contribution in [0.1, 0.15) is 28.4 Å². The lowest BCUT2D eigenvalue weighted by Gasteiger charge is -2.12. The third-order valence-electron chi connectivity index (χ3n) is 3.55. The molecule has 0 heterocycles. The van der Waals surface area contributed by atoms with Gasteiger partial charge >= 0.3 is 5.97 Å². The molecule has 1 N–H and O–H groups in total. The number of esters is 1. The first-order chi connectivity index (χ1) is 12.0. The van der Waals surface area contributed by atoms with Crippen LogP contribution in [0.4, 0.5) is 10.1 Å². The van der Waals surface area contributed by atoms with Gasteiger partial charge in [0.1, 0.15) is 5.82 Å². The van der Waals surface area contributed by atoms with E-state index in [0.717, 1.165) is 0 Å². The highest BCUT2D eigenvalue weighted by atomic mass is 32.2. The fourth-order valence-electron chi connectivity index (χ4n) is 2.26. The Kier molecular flexibility index (Phi) is 7.01. The van der Waals surface area contributed by atoms with Crippen LogP contribution in [-0.4, -0.2) is 24.2 Å². The van der Waals surface area contributed by atoms with Gasteiger partial charge in [0, 0.05) is 11.4 Å². The molecule has 0 fully saturated rings. The molecule has 0 radical (unpaired) electrons. The molecule has 0 saturated heterocycles. The van der Waals surface area contributed by atoms with Crippen molar-refractivity contribution in [3.05, 3.63) is 65.0 Å². The number of hydrogen-bond acceptors (Lipinski definition) is 4. The Morgan fingerprint density at radius 3 is 2.64 bits per heavy atom. The predicted molar refractivity (Wildman–Crippen MR) is 98.3 cm³/mol. The zero-order chi connectivity index (χ0) is 18.2. The molecule has 0 aromatic heterocycles. The molecule has 0 saturated carbocycles. The molecule has 0 aliphatic carbocycles. The first-order valence-corrected chi connectivity index (χ1v) is 9.06. The van der Waals surface area contributed by atoms with E-state index in [-0.39, 0.29) is 17.5 Å². The van der Waals surface area contributed by atoms with Crippen LogP contribution >= 0.6 is 11.8 Å². The standard InChI is InChI=1S/C19H20FNO3S/c1-3-24-19(23)15-8-6-10-17(13(15)2)21-18(22)12-25-11-14-7-4-5-9-16(14)20/h4-10H,3,11-12H2,1-2H3,(H,21,22). The third kappa shape index (κ3) is 5.32. The molecular formula is C19H20FNO3S. The van der Waals surface area contributed by atoms with Crippen molar-refractivity contribution in [1.29, 1.82) is 0 Å². The van der Waals surface area contributed by atoms with Crippen LogP contribution in [0.25, 0.3) is 0 Å². The summed E-state index contributed by atoms with van der Waals surface area (Å²) in [7, 11) is 0. The minimum absolute atomic E-state index is 0.192. The van der Waals surface area contributed by atoms with E-state index < -0.39 is 5.97 Å². The lowest BCUT2D eigenvalue weighted by atomic mass is 10.1. The molecule has 25 heavy (non-hydrogen) atoms. The maximum Gasteiger partial charge on any atom is 0.338 e. The van der Waals surface area contributed by atoms with Crippen LogP contribution in [0, 0.1) is 12.7 Å². The Labute approximate surface area is 150 Å². The van der Waals surface area contributed by atoms with Gasteiger partial charge in [0.2, 0.25) is 5.91 Å². The van der Waals surface area contributed by atoms with E-state index in [1.165, 1.54) is 17.8 Å². The number of amides is 1. The lowest BCUT2D eigenvalue weighted by Crippen LogP contribution is -2.16. The quantitative estimate of drug-likeness (QED) is 0.752. The number of ether oxygens (including phenoxy) is 1. The second kappa shape index (κ2) is 9.22. The van der Waals surface area contributed by atoms with Crippen LogP contribution in [0.2, 0.25) is 0 Å². The Morgan fingerprint density at radius 1 is 1.16 bits per heavy atom. The number of benzene rings is 2. The summed E-state index contributed by atoms with van der Waals surface area (Å²) >= 11 is 1.33. The summed E-state index contributed by atoms with van der Waals surface area (Å²) in [5.74, 6) is -0.275. The molecule has 0 bridgehead atoms. The summed E-state index contributed by atoms with van der Waals surface area (Å²) in [6.07, 6.45) is 0. The van der Waals surface area contributed by atoms with Gasteiger partial charge in [-0.1, -0.05) is 24.3 Å². The Bertz CT molecular complexity index is 764. The van der Waals surface area contributed by atoms with E-state index in [9.17, 15) is 14.0 Å². The van der Waals surface area contributed by atoms with E-state index in [1.807, 2.05) is 0 Å². The number of carbonyl (C=O) groups excluding carboxylic acids is 2. The van der Waals surface area contributed by atoms with E-state index in [4.69, 9.17) is 4.74 Å². The fourth-order valence-corrected chi connectivity index (χ4v) is 3.07. The Morgan fingerprint density at radius 2 is 1.92 bits per heavy atom. The molecule has 132 valence electrons. The van der Waals surface area contributed by atoms with Crippen molar-refractivity contribution < 1.29 is 18.7 Å². The largest absolute Gasteiger partial charge is 0.462 e. The normalized spacial score (nSPS) is 10.4. The molecule has 0 atom stereocenters. The van der Waals surface area contributed by atoms with Crippen LogP contribution < -0.4 is 5.32 Å². The van der Waals surface area contributed by atoms with Crippen molar-refractivity contribution in [3.63, 3.8) is 0 Å². The van der Waals surface area contributed by atoms with Gasteiger partial charge in [-0.05, 0) is 43.2 Å². The topological polar surface area (TPSA) is 55.4 Å². The molecule has 6 heteroatoms. The first-order valence-electron chi connectivity index (χ1n) is 7.90. The van der Waals surface area contributed by atoms with Gasteiger partial charge < -0.3 is 10.1 Å². The molecule has 2 aromatic rings. The first kappa shape index (κ1) is 19.0. The van der Waals surface area contributed by atoms with Crippen molar-refractivity contribution in [2.45, 2.75) is 19.6 Å². The van der Waals surface area contributed by atoms with Crippen molar-refractivity contribution in [2.24, 2.45) is 0 Å². The Balaban J connectivity index is 1.93. The molecule has 0 aliphatic heterocycles. The maximum atomic E-state index is 13.5. The molecule has 1 amide bonds. The molecule has 4 nitrogen and oxygen atoms in total. The SMILES string of the molecule is CCOC(=O)c1cccc(NC(=O)CSCc2ccccc2F)c1C. The van der Waals surface area contributed by atoms with Crippen LogP contribution in [0.5, 0.6) is 0 Å². The molecule has 2 rings (SSSR count). The summed E-state index contributed by atoms with van der Waals surface area (Å²) in [6, 6.07) is 11.6. The summed E-state index contributed by atoms with van der Waals surface area (Å²) in [4.78, 5) is 24.0. The van der Waals surface area contributed by atoms with Crippen molar-refractivity contribution >= 4 is 29.3 Å². The number of thioether (sulfide) groups is 1. The van der Waals surface area contributed by atoms with Crippen LogP contribution in [0.3, 0.4) is 0 Å². The number of rotatable bonds is 7. The van der Waals surface area contributed by atoms with Crippen molar-refractivity contribution in [1.82, 2.24) is 0 Å². The van der Waals surface area contributed by atoms with Crippen LogP contribution in [0.15, 0.2) is 42.5 Å². The molecule has 2 aromatic carbocycles. The van der Waals surface area contributed by atoms with Crippen molar-refractivity contribution in [3.8, 4) is 0 Å². The summed E-state index contributed by atoms with van der Waals surface area (Å²) < 4.78 is 18.5. The average molecular weight is 361 g/mol. The average Bonchev–Trinajstić information content (AvgIpc) is 2.58. The number of hydrogen-bond donors (Lipinski definition) is 1. The number of carbonyl (C=O) groups is 2. The number of halogens is 1. The van der Waals surface area contributed by atoms with Gasteiger partial charge in [-0.25, -0.2) is 9.18 Å².